The standard InChI is InChI=1S/C16H23ClN2O3/c1-22-15-9-12(8-13(17)10-15)16(21)18-5-7-19-6-3-2-4-14(19)11-20/h8-10,14,20H,2-7,11H2,1H3,(H,18,21)/t14-/m0/s1. The van der Waals surface area contributed by atoms with Crippen molar-refractivity contribution >= 4 is 17.5 Å². The Bertz CT molecular complexity index is 510. The van der Waals surface area contributed by atoms with Crippen molar-refractivity contribution in [2.45, 2.75) is 25.3 Å². The summed E-state index contributed by atoms with van der Waals surface area (Å²) in [5, 5.41) is 12.7. The lowest BCUT2D eigenvalue weighted by molar-refractivity contribution is 0.0849. The van der Waals surface area contributed by atoms with Gasteiger partial charge in [0.2, 0.25) is 0 Å². The molecule has 0 unspecified atom stereocenters. The predicted molar refractivity (Wildman–Crippen MR) is 86.6 cm³/mol. The normalized spacial score (nSPS) is 19.0. The highest BCUT2D eigenvalue weighted by molar-refractivity contribution is 6.31. The van der Waals surface area contributed by atoms with Gasteiger partial charge in [-0.1, -0.05) is 18.0 Å². The second kappa shape index (κ2) is 8.36. The molecule has 1 atom stereocenters. The Morgan fingerprint density at radius 1 is 1.45 bits per heavy atom. The number of aliphatic hydroxyl groups is 1. The smallest absolute Gasteiger partial charge is 0.251 e. The molecule has 0 bridgehead atoms. The van der Waals surface area contributed by atoms with Crippen LogP contribution in [0.2, 0.25) is 5.02 Å². The maximum Gasteiger partial charge on any atom is 0.251 e. The summed E-state index contributed by atoms with van der Waals surface area (Å²) in [7, 11) is 1.54. The summed E-state index contributed by atoms with van der Waals surface area (Å²) in [4.78, 5) is 14.4. The molecule has 0 spiro atoms. The molecule has 1 aliphatic rings. The number of rotatable bonds is 6. The highest BCUT2D eigenvalue weighted by atomic mass is 35.5. The Labute approximate surface area is 136 Å². The molecule has 0 aromatic heterocycles. The fourth-order valence-electron chi connectivity index (χ4n) is 2.79. The third-order valence-corrected chi connectivity index (χ3v) is 4.23. The van der Waals surface area contributed by atoms with E-state index in [0.29, 0.717) is 22.9 Å². The zero-order valence-corrected chi connectivity index (χ0v) is 13.6. The molecule has 1 aromatic rings. The van der Waals surface area contributed by atoms with Crippen LogP contribution in [-0.4, -0.2) is 55.3 Å². The number of methoxy groups -OCH3 is 1. The van der Waals surface area contributed by atoms with E-state index in [2.05, 4.69) is 10.2 Å². The number of piperidine rings is 1. The van der Waals surface area contributed by atoms with Crippen LogP contribution in [0.5, 0.6) is 5.75 Å². The molecule has 1 aliphatic heterocycles. The van der Waals surface area contributed by atoms with Crippen molar-refractivity contribution < 1.29 is 14.6 Å². The first-order valence-corrected chi connectivity index (χ1v) is 7.99. The molecule has 1 heterocycles. The van der Waals surface area contributed by atoms with Gasteiger partial charge in [0.25, 0.3) is 5.91 Å². The van der Waals surface area contributed by atoms with Crippen LogP contribution in [0.3, 0.4) is 0 Å². The Morgan fingerprint density at radius 2 is 2.27 bits per heavy atom. The maximum atomic E-state index is 12.2. The number of carbonyl (C=O) groups is 1. The minimum atomic E-state index is -0.168. The van der Waals surface area contributed by atoms with Gasteiger partial charge in [-0.05, 0) is 37.6 Å². The van der Waals surface area contributed by atoms with Crippen LogP contribution < -0.4 is 10.1 Å². The molecule has 22 heavy (non-hydrogen) atoms. The summed E-state index contributed by atoms with van der Waals surface area (Å²) in [5.41, 5.74) is 0.488. The van der Waals surface area contributed by atoms with Crippen LogP contribution in [0.25, 0.3) is 0 Å². The molecule has 0 radical (unpaired) electrons. The lowest BCUT2D eigenvalue weighted by Crippen LogP contribution is -2.45. The quantitative estimate of drug-likeness (QED) is 0.838. The monoisotopic (exact) mass is 326 g/mol. The molecule has 1 amide bonds. The first-order chi connectivity index (χ1) is 10.6. The predicted octanol–water partition coefficient (Wildman–Crippen LogP) is 1.93. The largest absolute Gasteiger partial charge is 0.497 e. The van der Waals surface area contributed by atoms with Gasteiger partial charge in [0.1, 0.15) is 5.75 Å². The number of nitrogens with one attached hydrogen (secondary N) is 1. The van der Waals surface area contributed by atoms with E-state index in [-0.39, 0.29) is 18.6 Å². The summed E-state index contributed by atoms with van der Waals surface area (Å²) >= 11 is 5.97. The number of ether oxygens (including phenoxy) is 1. The first kappa shape index (κ1) is 17.1. The molecule has 2 N–H and O–H groups in total. The third kappa shape index (κ3) is 4.60. The van der Waals surface area contributed by atoms with Crippen LogP contribution in [0.4, 0.5) is 0 Å². The van der Waals surface area contributed by atoms with Crippen molar-refractivity contribution in [3.05, 3.63) is 28.8 Å². The number of likely N-dealkylation sites (tertiary alicyclic amines) is 1. The summed E-state index contributed by atoms with van der Waals surface area (Å²) in [5.74, 6) is 0.396. The lowest BCUT2D eigenvalue weighted by atomic mass is 10.0. The van der Waals surface area contributed by atoms with Crippen LogP contribution in [0.1, 0.15) is 29.6 Å². The Balaban J connectivity index is 1.86. The van der Waals surface area contributed by atoms with Crippen molar-refractivity contribution in [1.82, 2.24) is 10.2 Å². The SMILES string of the molecule is COc1cc(Cl)cc(C(=O)NCCN2CCCC[C@H]2CO)c1. The molecule has 6 heteroatoms. The molecule has 122 valence electrons. The van der Waals surface area contributed by atoms with E-state index in [1.807, 2.05) is 0 Å². The molecular weight excluding hydrogens is 304 g/mol. The lowest BCUT2D eigenvalue weighted by Gasteiger charge is -2.34. The van der Waals surface area contributed by atoms with Gasteiger partial charge in [-0.25, -0.2) is 0 Å². The summed E-state index contributed by atoms with van der Waals surface area (Å²) in [6, 6.07) is 5.17. The van der Waals surface area contributed by atoms with Crippen molar-refractivity contribution in [3.8, 4) is 5.75 Å². The van der Waals surface area contributed by atoms with E-state index in [1.54, 1.807) is 25.3 Å². The van der Waals surface area contributed by atoms with Gasteiger partial charge in [-0.15, -0.1) is 0 Å². The average Bonchev–Trinajstić information content (AvgIpc) is 2.54. The molecule has 0 saturated carbocycles. The molecule has 5 nitrogen and oxygen atoms in total. The Kier molecular flexibility index (Phi) is 6.49. The van der Waals surface area contributed by atoms with Gasteiger partial charge in [-0.3, -0.25) is 9.69 Å². The minimum absolute atomic E-state index is 0.168. The number of aliphatic hydroxyl groups excluding tert-OH is 1. The topological polar surface area (TPSA) is 61.8 Å². The fraction of sp³-hybridized carbons (Fsp3) is 0.562. The Morgan fingerprint density at radius 3 is 3.00 bits per heavy atom. The van der Waals surface area contributed by atoms with E-state index >= 15 is 0 Å². The van der Waals surface area contributed by atoms with Gasteiger partial charge in [-0.2, -0.15) is 0 Å². The number of nitrogens with zero attached hydrogens (tertiary/aromatic N) is 1. The number of hydrogen-bond acceptors (Lipinski definition) is 4. The molecule has 1 fully saturated rings. The maximum absolute atomic E-state index is 12.2. The van der Waals surface area contributed by atoms with E-state index in [9.17, 15) is 9.90 Å². The van der Waals surface area contributed by atoms with Crippen LogP contribution in [0, 0.1) is 0 Å². The molecule has 2 rings (SSSR count). The van der Waals surface area contributed by atoms with E-state index in [1.165, 1.54) is 0 Å². The first-order valence-electron chi connectivity index (χ1n) is 7.61. The highest BCUT2D eigenvalue weighted by Crippen LogP contribution is 2.20. The van der Waals surface area contributed by atoms with Gasteiger partial charge in [0.05, 0.1) is 13.7 Å². The molecule has 1 saturated heterocycles. The number of halogens is 1. The molecular formula is C16H23ClN2O3. The molecule has 0 aliphatic carbocycles. The number of benzene rings is 1. The van der Waals surface area contributed by atoms with E-state index in [4.69, 9.17) is 16.3 Å². The second-order valence-electron chi connectivity index (χ2n) is 5.50. The van der Waals surface area contributed by atoms with Crippen molar-refractivity contribution in [2.75, 3.05) is 33.4 Å². The van der Waals surface area contributed by atoms with E-state index in [0.717, 1.165) is 32.4 Å². The zero-order chi connectivity index (χ0) is 15.9. The van der Waals surface area contributed by atoms with Gasteiger partial charge < -0.3 is 15.2 Å². The van der Waals surface area contributed by atoms with E-state index < -0.39 is 0 Å². The summed E-state index contributed by atoms with van der Waals surface area (Å²) in [6.45, 7) is 2.45. The fourth-order valence-corrected chi connectivity index (χ4v) is 3.01. The van der Waals surface area contributed by atoms with Crippen molar-refractivity contribution in [3.63, 3.8) is 0 Å². The number of amides is 1. The third-order valence-electron chi connectivity index (χ3n) is 4.01. The zero-order valence-electron chi connectivity index (χ0n) is 12.8. The van der Waals surface area contributed by atoms with Gasteiger partial charge >= 0.3 is 0 Å². The Hall–Kier alpha value is -1.30. The summed E-state index contributed by atoms with van der Waals surface area (Å²) < 4.78 is 5.11. The van der Waals surface area contributed by atoms with Gasteiger partial charge in [0.15, 0.2) is 0 Å². The number of carbonyl (C=O) groups excluding carboxylic acids is 1. The summed E-state index contributed by atoms with van der Waals surface area (Å²) in [6.07, 6.45) is 3.34. The van der Waals surface area contributed by atoms with Crippen LogP contribution in [0.15, 0.2) is 18.2 Å². The number of hydrogen-bond donors (Lipinski definition) is 2. The second-order valence-corrected chi connectivity index (χ2v) is 5.94. The van der Waals surface area contributed by atoms with Crippen LogP contribution >= 0.6 is 11.6 Å². The molecule has 1 aromatic carbocycles. The average molecular weight is 327 g/mol. The van der Waals surface area contributed by atoms with Gasteiger partial charge in [0, 0.05) is 29.7 Å². The van der Waals surface area contributed by atoms with Crippen molar-refractivity contribution in [1.29, 1.82) is 0 Å². The highest BCUT2D eigenvalue weighted by Gasteiger charge is 2.21. The van der Waals surface area contributed by atoms with Crippen molar-refractivity contribution in [2.24, 2.45) is 0 Å². The minimum Gasteiger partial charge on any atom is -0.497 e. The van der Waals surface area contributed by atoms with Crippen LogP contribution in [-0.2, 0) is 0 Å².